The summed E-state index contributed by atoms with van der Waals surface area (Å²) in [6, 6.07) is 0. The van der Waals surface area contributed by atoms with Crippen molar-refractivity contribution >= 4 is 5.97 Å². The molecule has 1 rings (SSSR count). The minimum Gasteiger partial charge on any atom is -0.481 e. The molecule has 4 nitrogen and oxygen atoms in total. The van der Waals surface area contributed by atoms with Crippen LogP contribution in [0.2, 0.25) is 0 Å². The van der Waals surface area contributed by atoms with Gasteiger partial charge < -0.3 is 5.11 Å². The highest BCUT2D eigenvalue weighted by molar-refractivity contribution is 5.70. The molecule has 0 aliphatic rings. The van der Waals surface area contributed by atoms with Crippen LogP contribution in [0, 0.1) is 19.3 Å². The average molecular weight is 236 g/mol. The lowest BCUT2D eigenvalue weighted by Gasteiger charge is -2.18. The number of carboxylic acid groups (broad SMARTS) is 1. The van der Waals surface area contributed by atoms with Crippen LogP contribution in [0.1, 0.15) is 43.5 Å². The number of carbonyl (C=O) groups is 1. The van der Waals surface area contributed by atoms with Gasteiger partial charge in [0.2, 0.25) is 0 Å². The number of rotatable bonds is 3. The van der Waals surface area contributed by atoms with Gasteiger partial charge in [0.05, 0.1) is 6.42 Å². The summed E-state index contributed by atoms with van der Waals surface area (Å²) in [6.07, 6.45) is 0.787. The standard InChI is InChI=1S/C13H20N2O2/c1-8-10(6-12(16)17)9(2)15-11(14-8)7-13(3,4)5/h6-7H2,1-5H3,(H,16,17). The molecule has 1 aromatic heterocycles. The fourth-order valence-corrected chi connectivity index (χ4v) is 1.77. The molecule has 0 unspecified atom stereocenters. The van der Waals surface area contributed by atoms with Gasteiger partial charge in [-0.15, -0.1) is 0 Å². The topological polar surface area (TPSA) is 63.1 Å². The van der Waals surface area contributed by atoms with E-state index in [1.807, 2.05) is 13.8 Å². The molecule has 94 valence electrons. The van der Waals surface area contributed by atoms with Crippen molar-refractivity contribution in [1.82, 2.24) is 9.97 Å². The van der Waals surface area contributed by atoms with Crippen molar-refractivity contribution in [2.75, 3.05) is 0 Å². The van der Waals surface area contributed by atoms with Crippen molar-refractivity contribution in [3.63, 3.8) is 0 Å². The lowest BCUT2D eigenvalue weighted by molar-refractivity contribution is -0.136. The first-order chi connectivity index (χ1) is 7.69. The maximum Gasteiger partial charge on any atom is 0.307 e. The first-order valence-electron chi connectivity index (χ1n) is 5.74. The number of nitrogens with zero attached hydrogens (tertiary/aromatic N) is 2. The van der Waals surface area contributed by atoms with E-state index in [4.69, 9.17) is 5.11 Å². The van der Waals surface area contributed by atoms with Crippen molar-refractivity contribution in [3.8, 4) is 0 Å². The van der Waals surface area contributed by atoms with Crippen LogP contribution in [-0.4, -0.2) is 21.0 Å². The minimum atomic E-state index is -0.844. The minimum absolute atomic E-state index is 0.00648. The van der Waals surface area contributed by atoms with E-state index < -0.39 is 5.97 Å². The van der Waals surface area contributed by atoms with Crippen LogP contribution in [0.3, 0.4) is 0 Å². The number of hydrogen-bond acceptors (Lipinski definition) is 3. The molecule has 4 heteroatoms. The molecule has 0 atom stereocenters. The summed E-state index contributed by atoms with van der Waals surface area (Å²) in [4.78, 5) is 19.5. The van der Waals surface area contributed by atoms with E-state index in [2.05, 4.69) is 30.7 Å². The molecule has 0 aliphatic carbocycles. The third kappa shape index (κ3) is 4.13. The van der Waals surface area contributed by atoms with Gasteiger partial charge in [-0.25, -0.2) is 9.97 Å². The number of hydrogen-bond donors (Lipinski definition) is 1. The predicted octanol–water partition coefficient (Wildman–Crippen LogP) is 2.31. The van der Waals surface area contributed by atoms with Crippen LogP contribution in [-0.2, 0) is 17.6 Å². The Kier molecular flexibility index (Phi) is 3.86. The molecule has 1 heterocycles. The molecule has 1 aromatic rings. The molecular formula is C13H20N2O2. The Hall–Kier alpha value is -1.45. The molecule has 0 amide bonds. The Morgan fingerprint density at radius 3 is 2.00 bits per heavy atom. The molecule has 0 saturated carbocycles. The smallest absolute Gasteiger partial charge is 0.307 e. The fraction of sp³-hybridized carbons (Fsp3) is 0.615. The van der Waals surface area contributed by atoms with Crippen LogP contribution in [0.15, 0.2) is 0 Å². The van der Waals surface area contributed by atoms with Crippen LogP contribution in [0.5, 0.6) is 0 Å². The first-order valence-corrected chi connectivity index (χ1v) is 5.74. The first kappa shape index (κ1) is 13.6. The molecule has 0 aliphatic heterocycles. The third-order valence-corrected chi connectivity index (χ3v) is 2.48. The maximum absolute atomic E-state index is 10.7. The highest BCUT2D eigenvalue weighted by Crippen LogP contribution is 2.20. The molecule has 1 N–H and O–H groups in total. The van der Waals surface area contributed by atoms with Gasteiger partial charge in [-0.3, -0.25) is 4.79 Å². The quantitative estimate of drug-likeness (QED) is 0.874. The number of aryl methyl sites for hydroxylation is 2. The Morgan fingerprint density at radius 1 is 1.18 bits per heavy atom. The van der Waals surface area contributed by atoms with Gasteiger partial charge in [0.25, 0.3) is 0 Å². The van der Waals surface area contributed by atoms with E-state index in [0.717, 1.165) is 29.2 Å². The second-order valence-corrected chi connectivity index (χ2v) is 5.60. The largest absolute Gasteiger partial charge is 0.481 e. The molecular weight excluding hydrogens is 216 g/mol. The Labute approximate surface area is 102 Å². The van der Waals surface area contributed by atoms with Gasteiger partial charge in [0.1, 0.15) is 5.82 Å². The summed E-state index contributed by atoms with van der Waals surface area (Å²) in [5.41, 5.74) is 2.42. The third-order valence-electron chi connectivity index (χ3n) is 2.48. The van der Waals surface area contributed by atoms with Gasteiger partial charge in [-0.2, -0.15) is 0 Å². The van der Waals surface area contributed by atoms with Crippen molar-refractivity contribution in [2.45, 2.75) is 47.5 Å². The zero-order valence-corrected chi connectivity index (χ0v) is 11.2. The van der Waals surface area contributed by atoms with Crippen molar-refractivity contribution in [3.05, 3.63) is 22.8 Å². The summed E-state index contributed by atoms with van der Waals surface area (Å²) < 4.78 is 0. The maximum atomic E-state index is 10.7. The summed E-state index contributed by atoms with van der Waals surface area (Å²) in [5, 5.41) is 8.82. The predicted molar refractivity (Wildman–Crippen MR) is 66.0 cm³/mol. The number of carboxylic acids is 1. The summed E-state index contributed by atoms with van der Waals surface area (Å²) in [6.45, 7) is 10.1. The zero-order valence-electron chi connectivity index (χ0n) is 11.2. The van der Waals surface area contributed by atoms with Gasteiger partial charge in [0, 0.05) is 23.4 Å². The summed E-state index contributed by atoms with van der Waals surface area (Å²) in [7, 11) is 0. The van der Waals surface area contributed by atoms with Crippen LogP contribution in [0.4, 0.5) is 0 Å². The van der Waals surface area contributed by atoms with Gasteiger partial charge in [-0.1, -0.05) is 20.8 Å². The van der Waals surface area contributed by atoms with Crippen LogP contribution >= 0.6 is 0 Å². The van der Waals surface area contributed by atoms with Gasteiger partial charge in [-0.05, 0) is 19.3 Å². The second-order valence-electron chi connectivity index (χ2n) is 5.60. The molecule has 0 spiro atoms. The summed E-state index contributed by atoms with van der Waals surface area (Å²) in [5.74, 6) is -0.0509. The Morgan fingerprint density at radius 2 is 1.65 bits per heavy atom. The van der Waals surface area contributed by atoms with Crippen LogP contribution in [0.25, 0.3) is 0 Å². The van der Waals surface area contributed by atoms with E-state index in [1.54, 1.807) is 0 Å². The second kappa shape index (κ2) is 4.82. The Balaban J connectivity index is 3.05. The number of aromatic nitrogens is 2. The van der Waals surface area contributed by atoms with Crippen molar-refractivity contribution in [2.24, 2.45) is 5.41 Å². The summed E-state index contributed by atoms with van der Waals surface area (Å²) >= 11 is 0. The molecule has 0 fully saturated rings. The molecule has 0 radical (unpaired) electrons. The van der Waals surface area contributed by atoms with Gasteiger partial charge in [0.15, 0.2) is 0 Å². The van der Waals surface area contributed by atoms with E-state index in [-0.39, 0.29) is 11.8 Å². The normalized spacial score (nSPS) is 11.6. The van der Waals surface area contributed by atoms with E-state index in [1.165, 1.54) is 0 Å². The van der Waals surface area contributed by atoms with E-state index >= 15 is 0 Å². The average Bonchev–Trinajstić information content (AvgIpc) is 2.08. The molecule has 0 aromatic carbocycles. The number of aliphatic carboxylic acids is 1. The lowest BCUT2D eigenvalue weighted by Crippen LogP contribution is -2.15. The highest BCUT2D eigenvalue weighted by Gasteiger charge is 2.16. The lowest BCUT2D eigenvalue weighted by atomic mass is 9.92. The van der Waals surface area contributed by atoms with Crippen LogP contribution < -0.4 is 0 Å². The SMILES string of the molecule is Cc1nc(CC(C)(C)C)nc(C)c1CC(=O)O. The monoisotopic (exact) mass is 236 g/mol. The van der Waals surface area contributed by atoms with Crippen molar-refractivity contribution in [1.29, 1.82) is 0 Å². The van der Waals surface area contributed by atoms with E-state index in [0.29, 0.717) is 0 Å². The van der Waals surface area contributed by atoms with Gasteiger partial charge >= 0.3 is 5.97 Å². The highest BCUT2D eigenvalue weighted by atomic mass is 16.4. The molecule has 0 bridgehead atoms. The fourth-order valence-electron chi connectivity index (χ4n) is 1.77. The Bertz CT molecular complexity index is 411. The molecule has 0 saturated heterocycles. The molecule has 17 heavy (non-hydrogen) atoms. The van der Waals surface area contributed by atoms with E-state index in [9.17, 15) is 4.79 Å². The zero-order chi connectivity index (χ0) is 13.2. The van der Waals surface area contributed by atoms with Crippen molar-refractivity contribution < 1.29 is 9.90 Å².